The van der Waals surface area contributed by atoms with Gasteiger partial charge in [0, 0.05) is 12.1 Å². The molecule has 6 nitrogen and oxygen atoms in total. The fourth-order valence-corrected chi connectivity index (χ4v) is 4.18. The third-order valence-electron chi connectivity index (χ3n) is 6.01. The van der Waals surface area contributed by atoms with Crippen LogP contribution in [0.4, 0.5) is 0 Å². The molecule has 0 aliphatic carbocycles. The molecular weight excluding hydrogens is 418 g/mol. The van der Waals surface area contributed by atoms with E-state index in [0.29, 0.717) is 42.4 Å². The Morgan fingerprint density at radius 3 is 2.33 bits per heavy atom. The number of carbonyl (C=O) groups is 1. The molecule has 1 heterocycles. The van der Waals surface area contributed by atoms with Crippen molar-refractivity contribution < 1.29 is 23.7 Å². The Bertz CT molecular complexity index is 1130. The molecule has 1 amide bonds. The van der Waals surface area contributed by atoms with Crippen molar-refractivity contribution in [2.75, 3.05) is 34.5 Å². The summed E-state index contributed by atoms with van der Waals surface area (Å²) < 4.78 is 22.5. The molecule has 172 valence electrons. The van der Waals surface area contributed by atoms with Gasteiger partial charge in [-0.15, -0.1) is 0 Å². The fraction of sp³-hybridized carbons (Fsp3) is 0.296. The average molecular weight is 448 g/mol. The molecule has 6 heteroatoms. The number of ether oxygens (including phenoxy) is 4. The summed E-state index contributed by atoms with van der Waals surface area (Å²) in [6.45, 7) is 2.93. The number of amides is 1. The van der Waals surface area contributed by atoms with Gasteiger partial charge < -0.3 is 23.8 Å². The van der Waals surface area contributed by atoms with Gasteiger partial charge in [0.15, 0.2) is 11.5 Å². The monoisotopic (exact) mass is 447 g/mol. The second kappa shape index (κ2) is 9.86. The first-order chi connectivity index (χ1) is 16.0. The molecule has 0 saturated heterocycles. The van der Waals surface area contributed by atoms with Crippen LogP contribution in [0.1, 0.15) is 33.1 Å². The largest absolute Gasteiger partial charge is 0.497 e. The van der Waals surface area contributed by atoms with Gasteiger partial charge in [-0.3, -0.25) is 4.79 Å². The first-order valence-corrected chi connectivity index (χ1v) is 10.9. The van der Waals surface area contributed by atoms with Gasteiger partial charge in [0.25, 0.3) is 5.91 Å². The summed E-state index contributed by atoms with van der Waals surface area (Å²) in [5.41, 5.74) is 3.87. The lowest BCUT2D eigenvalue weighted by Gasteiger charge is -2.37. The zero-order valence-electron chi connectivity index (χ0n) is 19.5. The van der Waals surface area contributed by atoms with E-state index in [1.54, 1.807) is 27.4 Å². The topological polar surface area (TPSA) is 57.2 Å². The van der Waals surface area contributed by atoms with Crippen molar-refractivity contribution in [1.29, 1.82) is 0 Å². The van der Waals surface area contributed by atoms with Crippen LogP contribution in [0.2, 0.25) is 0 Å². The number of benzene rings is 3. The summed E-state index contributed by atoms with van der Waals surface area (Å²) in [6.07, 6.45) is 0.715. The van der Waals surface area contributed by atoms with Crippen LogP contribution < -0.4 is 18.9 Å². The van der Waals surface area contributed by atoms with Gasteiger partial charge >= 0.3 is 0 Å². The molecule has 0 N–H and O–H groups in total. The maximum Gasteiger partial charge on any atom is 0.254 e. The smallest absolute Gasteiger partial charge is 0.254 e. The molecular formula is C27H29NO5. The van der Waals surface area contributed by atoms with Gasteiger partial charge in [-0.25, -0.2) is 0 Å². The molecule has 0 radical (unpaired) electrons. The lowest BCUT2D eigenvalue weighted by atomic mass is 9.91. The number of fused-ring (bicyclic) bond motifs is 1. The van der Waals surface area contributed by atoms with Crippen LogP contribution in [0.3, 0.4) is 0 Å². The Morgan fingerprint density at radius 1 is 0.909 bits per heavy atom. The van der Waals surface area contributed by atoms with E-state index in [1.165, 1.54) is 0 Å². The second-order valence-corrected chi connectivity index (χ2v) is 8.03. The van der Waals surface area contributed by atoms with E-state index in [9.17, 15) is 4.79 Å². The van der Waals surface area contributed by atoms with Crippen LogP contribution in [0.15, 0.2) is 60.7 Å². The summed E-state index contributed by atoms with van der Waals surface area (Å²) in [4.78, 5) is 15.5. The highest BCUT2D eigenvalue weighted by Gasteiger charge is 2.33. The van der Waals surface area contributed by atoms with Gasteiger partial charge in [0.05, 0.1) is 27.4 Å². The number of methoxy groups -OCH3 is 3. The third kappa shape index (κ3) is 4.75. The molecule has 0 spiro atoms. The van der Waals surface area contributed by atoms with Crippen molar-refractivity contribution in [2.24, 2.45) is 0 Å². The number of nitrogens with zero attached hydrogens (tertiary/aromatic N) is 1. The molecule has 0 bridgehead atoms. The molecule has 1 unspecified atom stereocenters. The van der Waals surface area contributed by atoms with Gasteiger partial charge in [-0.2, -0.15) is 0 Å². The van der Waals surface area contributed by atoms with Crippen LogP contribution in [0.25, 0.3) is 0 Å². The molecule has 3 aromatic carbocycles. The van der Waals surface area contributed by atoms with E-state index in [2.05, 4.69) is 0 Å². The Balaban J connectivity index is 1.70. The number of hydrogen-bond donors (Lipinski definition) is 0. The van der Waals surface area contributed by atoms with Crippen molar-refractivity contribution in [3.63, 3.8) is 0 Å². The van der Waals surface area contributed by atoms with E-state index < -0.39 is 0 Å². The van der Waals surface area contributed by atoms with Crippen LogP contribution >= 0.6 is 0 Å². The Kier molecular flexibility index (Phi) is 6.73. The predicted molar refractivity (Wildman–Crippen MR) is 127 cm³/mol. The van der Waals surface area contributed by atoms with Crippen molar-refractivity contribution in [3.8, 4) is 23.0 Å². The summed E-state index contributed by atoms with van der Waals surface area (Å²) in [6, 6.07) is 18.8. The van der Waals surface area contributed by atoms with Crippen LogP contribution in [0, 0.1) is 6.92 Å². The number of hydrogen-bond acceptors (Lipinski definition) is 5. The minimum Gasteiger partial charge on any atom is -0.497 e. The Morgan fingerprint density at radius 2 is 1.64 bits per heavy atom. The summed E-state index contributed by atoms with van der Waals surface area (Å²) in [7, 11) is 4.84. The summed E-state index contributed by atoms with van der Waals surface area (Å²) in [5, 5.41) is 0. The molecule has 1 aliphatic rings. The van der Waals surface area contributed by atoms with E-state index >= 15 is 0 Å². The Labute approximate surface area is 194 Å². The normalized spacial score (nSPS) is 14.9. The predicted octanol–water partition coefficient (Wildman–Crippen LogP) is 4.84. The molecule has 1 atom stereocenters. The number of rotatable bonds is 7. The number of aryl methyl sites for hydroxylation is 1. The Hall–Kier alpha value is -3.67. The van der Waals surface area contributed by atoms with E-state index in [1.807, 2.05) is 66.4 Å². The lowest BCUT2D eigenvalue weighted by Crippen LogP contribution is -2.42. The SMILES string of the molecule is COc1cccc(C(=O)N2CCc3cc(OC)c(OC)cc3C2COc2ccc(C)cc2)c1. The van der Waals surface area contributed by atoms with Crippen LogP contribution in [0.5, 0.6) is 23.0 Å². The summed E-state index contributed by atoms with van der Waals surface area (Å²) >= 11 is 0. The zero-order valence-corrected chi connectivity index (χ0v) is 19.5. The first kappa shape index (κ1) is 22.5. The average Bonchev–Trinajstić information content (AvgIpc) is 2.86. The zero-order chi connectivity index (χ0) is 23.4. The third-order valence-corrected chi connectivity index (χ3v) is 6.01. The van der Waals surface area contributed by atoms with E-state index in [-0.39, 0.29) is 11.9 Å². The maximum absolute atomic E-state index is 13.6. The van der Waals surface area contributed by atoms with E-state index in [0.717, 1.165) is 22.4 Å². The van der Waals surface area contributed by atoms with Crippen LogP contribution in [-0.4, -0.2) is 45.3 Å². The summed E-state index contributed by atoms with van der Waals surface area (Å²) in [5.74, 6) is 2.67. The number of carbonyl (C=O) groups excluding carboxylic acids is 1. The highest BCUT2D eigenvalue weighted by atomic mass is 16.5. The molecule has 3 aromatic rings. The maximum atomic E-state index is 13.6. The van der Waals surface area contributed by atoms with Crippen molar-refractivity contribution >= 4 is 5.91 Å². The molecule has 0 fully saturated rings. The molecule has 33 heavy (non-hydrogen) atoms. The van der Waals surface area contributed by atoms with Gasteiger partial charge in [-0.05, 0) is 66.9 Å². The van der Waals surface area contributed by atoms with Crippen molar-refractivity contribution in [2.45, 2.75) is 19.4 Å². The highest BCUT2D eigenvalue weighted by molar-refractivity contribution is 5.95. The molecule has 0 aromatic heterocycles. The second-order valence-electron chi connectivity index (χ2n) is 8.03. The fourth-order valence-electron chi connectivity index (χ4n) is 4.18. The minimum atomic E-state index is -0.284. The van der Waals surface area contributed by atoms with Crippen LogP contribution in [-0.2, 0) is 6.42 Å². The molecule has 0 saturated carbocycles. The first-order valence-electron chi connectivity index (χ1n) is 10.9. The van der Waals surface area contributed by atoms with Gasteiger partial charge in [0.2, 0.25) is 0 Å². The highest BCUT2D eigenvalue weighted by Crippen LogP contribution is 2.39. The molecule has 1 aliphatic heterocycles. The van der Waals surface area contributed by atoms with E-state index in [4.69, 9.17) is 18.9 Å². The van der Waals surface area contributed by atoms with Gasteiger partial charge in [-0.1, -0.05) is 23.8 Å². The lowest BCUT2D eigenvalue weighted by molar-refractivity contribution is 0.0589. The van der Waals surface area contributed by atoms with Crippen molar-refractivity contribution in [1.82, 2.24) is 4.90 Å². The molecule has 4 rings (SSSR count). The quantitative estimate of drug-likeness (QED) is 0.519. The van der Waals surface area contributed by atoms with Gasteiger partial charge in [0.1, 0.15) is 18.1 Å². The van der Waals surface area contributed by atoms with Crippen molar-refractivity contribution in [3.05, 3.63) is 82.9 Å². The standard InChI is InChI=1S/C27H29NO5/c1-18-8-10-21(11-9-18)33-17-24-23-16-26(32-4)25(31-3)15-19(23)12-13-28(24)27(29)20-6-5-7-22(14-20)30-2/h5-11,14-16,24H,12-13,17H2,1-4H3. The minimum absolute atomic E-state index is 0.0631.